The minimum atomic E-state index is -3.36. The van der Waals surface area contributed by atoms with E-state index < -0.39 is 10.0 Å². The molecule has 0 unspecified atom stereocenters. The van der Waals surface area contributed by atoms with Gasteiger partial charge in [0.15, 0.2) is 0 Å². The second-order valence-electron chi connectivity index (χ2n) is 5.67. The van der Waals surface area contributed by atoms with Crippen LogP contribution in [0.25, 0.3) is 10.8 Å². The Morgan fingerprint density at radius 3 is 2.39 bits per heavy atom. The van der Waals surface area contributed by atoms with Crippen molar-refractivity contribution in [2.75, 3.05) is 10.5 Å². The van der Waals surface area contributed by atoms with Gasteiger partial charge in [-0.25, -0.2) is 8.42 Å². The number of rotatable bonds is 5. The largest absolute Gasteiger partial charge is 0.283 e. The van der Waals surface area contributed by atoms with E-state index in [1.807, 2.05) is 55.5 Å². The lowest BCUT2D eigenvalue weighted by Gasteiger charge is -2.10. The Morgan fingerprint density at radius 2 is 1.61 bits per heavy atom. The van der Waals surface area contributed by atoms with Crippen molar-refractivity contribution in [2.24, 2.45) is 0 Å². The molecular weight excluding hydrogens is 306 g/mol. The summed E-state index contributed by atoms with van der Waals surface area (Å²) in [6.45, 7) is 1.89. The number of para-hydroxylation sites is 1. The number of sulfonamides is 1. The van der Waals surface area contributed by atoms with E-state index in [4.69, 9.17) is 0 Å². The summed E-state index contributed by atoms with van der Waals surface area (Å²) in [4.78, 5) is 0. The SMILES string of the molecule is Cc1ccccc1NS(=O)(=O)CCc1ccc2ccccc2c1.[HH]. The van der Waals surface area contributed by atoms with Crippen molar-refractivity contribution in [1.82, 2.24) is 0 Å². The lowest BCUT2D eigenvalue weighted by atomic mass is 10.1. The van der Waals surface area contributed by atoms with Gasteiger partial charge in [0.05, 0.1) is 11.4 Å². The fourth-order valence-electron chi connectivity index (χ4n) is 2.55. The average Bonchev–Trinajstić information content (AvgIpc) is 2.55. The molecule has 0 aliphatic carbocycles. The van der Waals surface area contributed by atoms with Gasteiger partial charge in [0.1, 0.15) is 0 Å². The fraction of sp³-hybridized carbons (Fsp3) is 0.158. The first kappa shape index (κ1) is 15.6. The molecule has 0 aliphatic rings. The second kappa shape index (κ2) is 6.42. The van der Waals surface area contributed by atoms with Crippen LogP contribution in [0.3, 0.4) is 0 Å². The molecule has 3 nitrogen and oxygen atoms in total. The number of benzene rings is 3. The highest BCUT2D eigenvalue weighted by Crippen LogP contribution is 2.18. The fourth-order valence-corrected chi connectivity index (χ4v) is 3.72. The molecule has 0 atom stereocenters. The molecule has 0 aliphatic heterocycles. The summed E-state index contributed by atoms with van der Waals surface area (Å²) in [7, 11) is -3.36. The van der Waals surface area contributed by atoms with E-state index in [0.29, 0.717) is 12.1 Å². The van der Waals surface area contributed by atoms with Crippen LogP contribution in [0, 0.1) is 6.92 Å². The molecule has 0 bridgehead atoms. The van der Waals surface area contributed by atoms with Crippen LogP contribution < -0.4 is 4.72 Å². The van der Waals surface area contributed by atoms with Gasteiger partial charge in [-0.1, -0.05) is 60.7 Å². The summed E-state index contributed by atoms with van der Waals surface area (Å²) >= 11 is 0. The Morgan fingerprint density at radius 1 is 0.913 bits per heavy atom. The van der Waals surface area contributed by atoms with Crippen molar-refractivity contribution in [1.29, 1.82) is 0 Å². The maximum Gasteiger partial charge on any atom is 0.233 e. The number of nitrogens with one attached hydrogen (secondary N) is 1. The minimum Gasteiger partial charge on any atom is -0.283 e. The summed E-state index contributed by atoms with van der Waals surface area (Å²) in [6, 6.07) is 21.5. The van der Waals surface area contributed by atoms with Gasteiger partial charge in [-0.15, -0.1) is 0 Å². The predicted molar refractivity (Wildman–Crippen MR) is 98.4 cm³/mol. The van der Waals surface area contributed by atoms with Crippen LogP contribution >= 0.6 is 0 Å². The van der Waals surface area contributed by atoms with Gasteiger partial charge in [-0.05, 0) is 41.3 Å². The van der Waals surface area contributed by atoms with Gasteiger partial charge in [0.25, 0.3) is 0 Å². The van der Waals surface area contributed by atoms with Gasteiger partial charge in [0, 0.05) is 1.43 Å². The van der Waals surface area contributed by atoms with E-state index in [9.17, 15) is 8.42 Å². The van der Waals surface area contributed by atoms with Crippen molar-refractivity contribution >= 4 is 26.5 Å². The van der Waals surface area contributed by atoms with Crippen LogP contribution in [-0.2, 0) is 16.4 Å². The average molecular weight is 327 g/mol. The van der Waals surface area contributed by atoms with E-state index >= 15 is 0 Å². The molecule has 23 heavy (non-hydrogen) atoms. The number of anilines is 1. The topological polar surface area (TPSA) is 46.2 Å². The summed E-state index contributed by atoms with van der Waals surface area (Å²) in [5.41, 5.74) is 2.59. The molecule has 0 amide bonds. The first-order chi connectivity index (χ1) is 11.0. The van der Waals surface area contributed by atoms with Crippen LogP contribution in [0.1, 0.15) is 12.6 Å². The summed E-state index contributed by atoms with van der Waals surface area (Å²) in [5, 5.41) is 2.30. The van der Waals surface area contributed by atoms with Crippen LogP contribution in [0.15, 0.2) is 66.7 Å². The Labute approximate surface area is 138 Å². The monoisotopic (exact) mass is 327 g/mol. The number of hydrogen-bond acceptors (Lipinski definition) is 2. The normalized spacial score (nSPS) is 11.5. The maximum atomic E-state index is 12.3. The summed E-state index contributed by atoms with van der Waals surface area (Å²) < 4.78 is 27.2. The molecule has 0 spiro atoms. The molecule has 3 aromatic carbocycles. The summed E-state index contributed by atoms with van der Waals surface area (Å²) in [6.07, 6.45) is 0.492. The number of hydrogen-bond donors (Lipinski definition) is 1. The lowest BCUT2D eigenvalue weighted by molar-refractivity contribution is 0.600. The first-order valence-corrected chi connectivity index (χ1v) is 9.22. The van der Waals surface area contributed by atoms with E-state index in [1.54, 1.807) is 6.07 Å². The summed E-state index contributed by atoms with van der Waals surface area (Å²) in [5.74, 6) is 0.0691. The highest BCUT2D eigenvalue weighted by molar-refractivity contribution is 7.92. The van der Waals surface area contributed by atoms with Crippen LogP contribution in [0.2, 0.25) is 0 Å². The van der Waals surface area contributed by atoms with Crippen LogP contribution in [-0.4, -0.2) is 14.2 Å². The predicted octanol–water partition coefficient (Wildman–Crippen LogP) is 4.38. The standard InChI is InChI=1S/C19H19NO2S.H2/c1-15-6-2-5-9-19(15)20-23(21,22)13-12-16-10-11-17-7-3-4-8-18(17)14-16;/h2-11,14,20H,12-13H2,1H3;1H. The van der Waals surface area contributed by atoms with E-state index in [-0.39, 0.29) is 7.18 Å². The Bertz CT molecular complexity index is 939. The van der Waals surface area contributed by atoms with E-state index in [0.717, 1.165) is 21.9 Å². The third kappa shape index (κ3) is 3.90. The van der Waals surface area contributed by atoms with Crippen molar-refractivity contribution in [3.8, 4) is 0 Å². The quantitative estimate of drug-likeness (QED) is 0.756. The van der Waals surface area contributed by atoms with Gasteiger partial charge in [-0.2, -0.15) is 0 Å². The number of aryl methyl sites for hydroxylation is 2. The zero-order valence-electron chi connectivity index (χ0n) is 13.0. The van der Waals surface area contributed by atoms with Crippen molar-refractivity contribution in [2.45, 2.75) is 13.3 Å². The second-order valence-corrected chi connectivity index (χ2v) is 7.51. The van der Waals surface area contributed by atoms with Gasteiger partial charge in [0.2, 0.25) is 10.0 Å². The van der Waals surface area contributed by atoms with Crippen molar-refractivity contribution < 1.29 is 9.84 Å². The molecule has 0 aromatic heterocycles. The number of fused-ring (bicyclic) bond motifs is 1. The molecule has 0 fully saturated rings. The van der Waals surface area contributed by atoms with Crippen molar-refractivity contribution in [3.63, 3.8) is 0 Å². The molecule has 1 N–H and O–H groups in total. The minimum absolute atomic E-state index is 0. The van der Waals surface area contributed by atoms with Crippen molar-refractivity contribution in [3.05, 3.63) is 77.9 Å². The third-order valence-corrected chi connectivity index (χ3v) is 5.16. The Kier molecular flexibility index (Phi) is 4.35. The van der Waals surface area contributed by atoms with Crippen LogP contribution in [0.4, 0.5) is 5.69 Å². The highest BCUT2D eigenvalue weighted by atomic mass is 32.2. The molecule has 3 aromatic rings. The molecule has 3 rings (SSSR count). The maximum absolute atomic E-state index is 12.3. The molecule has 0 saturated heterocycles. The van der Waals surface area contributed by atoms with Gasteiger partial charge >= 0.3 is 0 Å². The molecule has 120 valence electrons. The molecule has 0 radical (unpaired) electrons. The van der Waals surface area contributed by atoms with Gasteiger partial charge < -0.3 is 0 Å². The zero-order valence-corrected chi connectivity index (χ0v) is 13.8. The highest BCUT2D eigenvalue weighted by Gasteiger charge is 2.12. The van der Waals surface area contributed by atoms with Gasteiger partial charge in [-0.3, -0.25) is 4.72 Å². The zero-order chi connectivity index (χ0) is 16.3. The lowest BCUT2D eigenvalue weighted by Crippen LogP contribution is -2.18. The first-order valence-electron chi connectivity index (χ1n) is 7.57. The smallest absolute Gasteiger partial charge is 0.233 e. The molecule has 0 heterocycles. The Balaban J connectivity index is 0.00000208. The molecular formula is C19H21NO2S. The molecule has 4 heteroatoms. The third-order valence-electron chi connectivity index (χ3n) is 3.88. The van der Waals surface area contributed by atoms with Crippen LogP contribution in [0.5, 0.6) is 0 Å². The molecule has 0 saturated carbocycles. The Hall–Kier alpha value is -2.33. The van der Waals surface area contributed by atoms with E-state index in [2.05, 4.69) is 16.9 Å². The van der Waals surface area contributed by atoms with E-state index in [1.165, 1.54) is 0 Å².